The maximum absolute atomic E-state index is 14.7. The largest absolute Gasteiger partial charge is 0.478 e. The monoisotopic (exact) mass is 536 g/mol. The van der Waals surface area contributed by atoms with Crippen molar-refractivity contribution in [1.29, 1.82) is 0 Å². The summed E-state index contributed by atoms with van der Waals surface area (Å²) in [5.74, 6) is -2.53. The second kappa shape index (κ2) is 11.3. The number of halogens is 3. The van der Waals surface area contributed by atoms with Crippen LogP contribution in [0.1, 0.15) is 23.5 Å². The van der Waals surface area contributed by atoms with E-state index in [1.165, 1.54) is 29.5 Å². The maximum atomic E-state index is 14.7. The molecule has 1 aromatic carbocycles. The fourth-order valence-corrected chi connectivity index (χ4v) is 5.03. The summed E-state index contributed by atoms with van der Waals surface area (Å²) >= 11 is 7.70. The third-order valence-corrected chi connectivity index (χ3v) is 6.85. The zero-order valence-corrected chi connectivity index (χ0v) is 20.7. The van der Waals surface area contributed by atoms with E-state index in [2.05, 4.69) is 10.3 Å². The van der Waals surface area contributed by atoms with Crippen LogP contribution in [-0.4, -0.2) is 65.2 Å². The molecule has 2 N–H and O–H groups in total. The Balaban J connectivity index is 1.75. The number of carboxylic acids is 1. The van der Waals surface area contributed by atoms with Gasteiger partial charge in [-0.2, -0.15) is 0 Å². The Kier molecular flexibility index (Phi) is 8.12. The van der Waals surface area contributed by atoms with Gasteiger partial charge in [0.2, 0.25) is 0 Å². The first-order chi connectivity index (χ1) is 17.3. The average molecular weight is 537 g/mol. The summed E-state index contributed by atoms with van der Waals surface area (Å²) in [5.41, 5.74) is 1.00. The van der Waals surface area contributed by atoms with Crippen molar-refractivity contribution in [2.24, 2.45) is 10.9 Å². The van der Waals surface area contributed by atoms with Crippen LogP contribution < -0.4 is 5.32 Å². The first kappa shape index (κ1) is 25.9. The number of thiazole rings is 1. The van der Waals surface area contributed by atoms with Crippen LogP contribution in [0.2, 0.25) is 5.02 Å². The number of carboxylic acid groups (broad SMARTS) is 1. The van der Waals surface area contributed by atoms with Crippen LogP contribution in [0.25, 0.3) is 0 Å². The third kappa shape index (κ3) is 5.80. The molecule has 0 bridgehead atoms. The number of amidine groups is 1. The van der Waals surface area contributed by atoms with Crippen molar-refractivity contribution in [2.45, 2.75) is 19.1 Å². The van der Waals surface area contributed by atoms with Gasteiger partial charge in [0, 0.05) is 59.5 Å². The molecule has 1 fully saturated rings. The number of carbonyl (C=O) groups excluding carboxylic acids is 1. The summed E-state index contributed by atoms with van der Waals surface area (Å²) in [6.07, 6.45) is 2.61. The summed E-state index contributed by atoms with van der Waals surface area (Å²) in [4.78, 5) is 34.8. The minimum Gasteiger partial charge on any atom is -0.478 e. The minimum atomic E-state index is -1.27. The number of hydrogen-bond acceptors (Lipinski definition) is 8. The molecular formula is C24H23ClF2N4O4S. The van der Waals surface area contributed by atoms with Gasteiger partial charge in [-0.25, -0.2) is 23.4 Å². The molecule has 3 heterocycles. The highest BCUT2D eigenvalue weighted by atomic mass is 35.5. The average Bonchev–Trinajstić information content (AvgIpc) is 3.47. The number of aromatic nitrogens is 1. The van der Waals surface area contributed by atoms with Crippen LogP contribution in [-0.2, 0) is 14.3 Å². The van der Waals surface area contributed by atoms with E-state index in [1.807, 2.05) is 0 Å². The molecule has 0 aliphatic carbocycles. The molecule has 1 unspecified atom stereocenters. The minimum absolute atomic E-state index is 0.0433. The van der Waals surface area contributed by atoms with Gasteiger partial charge in [0.05, 0.1) is 12.2 Å². The zero-order valence-electron chi connectivity index (χ0n) is 19.2. The van der Waals surface area contributed by atoms with Crippen molar-refractivity contribution in [2.75, 3.05) is 26.2 Å². The number of esters is 1. The fraction of sp³-hybridized carbons (Fsp3) is 0.333. The smallest absolute Gasteiger partial charge is 0.338 e. The summed E-state index contributed by atoms with van der Waals surface area (Å²) in [5, 5.41) is 14.5. The van der Waals surface area contributed by atoms with Crippen molar-refractivity contribution in [3.63, 3.8) is 0 Å². The zero-order chi connectivity index (χ0) is 25.8. The van der Waals surface area contributed by atoms with Gasteiger partial charge in [0.1, 0.15) is 18.0 Å². The normalized spacial score (nSPS) is 22.6. The number of hydrogen-bond donors (Lipinski definition) is 2. The second-order valence-electron chi connectivity index (χ2n) is 8.19. The Morgan fingerprint density at radius 2 is 2.19 bits per heavy atom. The molecule has 190 valence electrons. The maximum Gasteiger partial charge on any atom is 0.338 e. The molecule has 0 spiro atoms. The molecule has 3 atom stereocenters. The van der Waals surface area contributed by atoms with E-state index in [4.69, 9.17) is 26.4 Å². The topological polar surface area (TPSA) is 104 Å². The molecule has 1 aromatic heterocycles. The Hall–Kier alpha value is -3.15. The Labute approximate surface area is 215 Å². The fourth-order valence-electron chi connectivity index (χ4n) is 4.18. The number of alkyl halides is 1. The Morgan fingerprint density at radius 3 is 2.86 bits per heavy atom. The van der Waals surface area contributed by atoms with Crippen LogP contribution in [0, 0.1) is 11.7 Å². The van der Waals surface area contributed by atoms with Crippen LogP contribution in [0.3, 0.4) is 0 Å². The molecule has 0 radical (unpaired) electrons. The van der Waals surface area contributed by atoms with Gasteiger partial charge in [0.25, 0.3) is 0 Å². The highest BCUT2D eigenvalue weighted by Crippen LogP contribution is 2.37. The lowest BCUT2D eigenvalue weighted by Crippen LogP contribution is -2.39. The molecule has 2 aliphatic rings. The molecule has 0 amide bonds. The number of nitrogens with zero attached hydrogens (tertiary/aromatic N) is 3. The van der Waals surface area contributed by atoms with Crippen molar-refractivity contribution in [3.05, 3.63) is 74.6 Å². The van der Waals surface area contributed by atoms with E-state index in [1.54, 1.807) is 23.4 Å². The first-order valence-electron chi connectivity index (χ1n) is 11.1. The van der Waals surface area contributed by atoms with Crippen molar-refractivity contribution >= 4 is 40.7 Å². The van der Waals surface area contributed by atoms with E-state index in [0.717, 1.165) is 12.1 Å². The summed E-state index contributed by atoms with van der Waals surface area (Å²) in [6.45, 7) is 2.21. The number of ether oxygens (including phenoxy) is 1. The summed E-state index contributed by atoms with van der Waals surface area (Å²) < 4.78 is 33.8. The van der Waals surface area contributed by atoms with Crippen LogP contribution >= 0.6 is 22.9 Å². The van der Waals surface area contributed by atoms with Crippen LogP contribution in [0.15, 0.2) is 58.2 Å². The lowest BCUT2D eigenvalue weighted by atomic mass is 9.95. The molecule has 2 aromatic rings. The van der Waals surface area contributed by atoms with Crippen molar-refractivity contribution in [3.8, 4) is 0 Å². The molecule has 8 nitrogen and oxygen atoms in total. The third-order valence-electron chi connectivity index (χ3n) is 5.75. The highest BCUT2D eigenvalue weighted by molar-refractivity contribution is 7.11. The predicted octanol–water partition coefficient (Wildman–Crippen LogP) is 3.75. The van der Waals surface area contributed by atoms with Crippen LogP contribution in [0.4, 0.5) is 8.78 Å². The summed E-state index contributed by atoms with van der Waals surface area (Å²) in [6, 6.07) is 2.93. The van der Waals surface area contributed by atoms with Crippen molar-refractivity contribution in [1.82, 2.24) is 15.2 Å². The Morgan fingerprint density at radius 1 is 1.39 bits per heavy atom. The number of nitrogens with one attached hydrogen (secondary N) is 1. The number of benzene rings is 1. The van der Waals surface area contributed by atoms with E-state index in [0.29, 0.717) is 22.1 Å². The number of likely N-dealkylation sites (tertiary alicyclic amines) is 1. The molecule has 4 rings (SSSR count). The summed E-state index contributed by atoms with van der Waals surface area (Å²) in [7, 11) is 0. The van der Waals surface area contributed by atoms with Gasteiger partial charge in [0.15, 0.2) is 10.8 Å². The van der Waals surface area contributed by atoms with E-state index in [9.17, 15) is 18.4 Å². The van der Waals surface area contributed by atoms with Gasteiger partial charge in [-0.3, -0.25) is 9.89 Å². The van der Waals surface area contributed by atoms with Crippen LogP contribution in [0.5, 0.6) is 0 Å². The highest BCUT2D eigenvalue weighted by Gasteiger charge is 2.37. The van der Waals surface area contributed by atoms with Gasteiger partial charge < -0.3 is 15.2 Å². The van der Waals surface area contributed by atoms with Gasteiger partial charge in [-0.05, 0) is 19.1 Å². The molecule has 36 heavy (non-hydrogen) atoms. The van der Waals surface area contributed by atoms with E-state index in [-0.39, 0.29) is 36.8 Å². The van der Waals surface area contributed by atoms with Crippen molar-refractivity contribution < 1.29 is 28.2 Å². The lowest BCUT2D eigenvalue weighted by molar-refractivity contribution is -0.139. The number of rotatable bonds is 8. The predicted molar refractivity (Wildman–Crippen MR) is 131 cm³/mol. The molecular weight excluding hydrogens is 514 g/mol. The number of carbonyl (C=O) groups is 2. The quantitative estimate of drug-likeness (QED) is 0.391. The second-order valence-corrected chi connectivity index (χ2v) is 9.49. The number of aliphatic carboxylic acids is 1. The molecule has 0 saturated carbocycles. The van der Waals surface area contributed by atoms with Gasteiger partial charge >= 0.3 is 11.9 Å². The van der Waals surface area contributed by atoms with Gasteiger partial charge in [-0.1, -0.05) is 23.7 Å². The van der Waals surface area contributed by atoms with E-state index >= 15 is 0 Å². The number of aliphatic imine (C=N–C) groups is 1. The molecule has 1 saturated heterocycles. The molecule has 2 aliphatic heterocycles. The first-order valence-corrected chi connectivity index (χ1v) is 12.4. The lowest BCUT2D eigenvalue weighted by Gasteiger charge is -2.29. The molecule has 12 heteroatoms. The standard InChI is InChI=1S/C24H23ClF2N4O4S/c1-2-35-24(34)20-18(12-31-10-13(17(27)11-31)3-6-19(32)33)29-22(23-28-7-8-36-23)30-21(20)15-5-4-14(26)9-16(15)25/h3-9,13,17,21H,2,10-12H2,1H3,(H,29,30)(H,32,33)/b6-3+/t13?,17-,21-/m0/s1. The SMILES string of the molecule is CCOC(=O)C1=C(CN2CC(/C=C/C(=O)O)[C@@H](F)C2)NC(c2nccs2)=N[C@H]1c1ccc(F)cc1Cl. The Bertz CT molecular complexity index is 1230. The van der Waals surface area contributed by atoms with Gasteiger partial charge in [-0.15, -0.1) is 11.3 Å². The van der Waals surface area contributed by atoms with E-state index < -0.39 is 35.9 Å².